The molecule has 0 spiro atoms. The van der Waals surface area contributed by atoms with E-state index in [1.807, 2.05) is 36.5 Å². The maximum absolute atomic E-state index is 6.00. The lowest BCUT2D eigenvalue weighted by Gasteiger charge is -2.06. The van der Waals surface area contributed by atoms with E-state index in [4.69, 9.17) is 10.2 Å². The first-order valence-corrected chi connectivity index (χ1v) is 6.93. The molecule has 1 unspecified atom stereocenters. The molecule has 2 aromatic heterocycles. The largest absolute Gasteiger partial charge is 0.461 e. The Morgan fingerprint density at radius 3 is 2.85 bits per heavy atom. The third-order valence-corrected chi connectivity index (χ3v) is 3.61. The second kappa shape index (κ2) is 5.47. The molecule has 2 heterocycles. The third-order valence-electron chi connectivity index (χ3n) is 3.61. The van der Waals surface area contributed by atoms with Crippen molar-refractivity contribution in [3.05, 3.63) is 54.4 Å². The standard InChI is InChI=1S/C17H18N2O/c1-12(9-10-18)15-7-8-16(20-15)14-6-2-4-13-5-3-11-19-17(13)14/h2-8,11-12H,9-10,18H2,1H3. The Morgan fingerprint density at radius 2 is 2.00 bits per heavy atom. The van der Waals surface area contributed by atoms with Crippen LogP contribution in [0, 0.1) is 0 Å². The van der Waals surface area contributed by atoms with Gasteiger partial charge in [0.05, 0.1) is 5.52 Å². The van der Waals surface area contributed by atoms with Crippen molar-refractivity contribution in [2.45, 2.75) is 19.3 Å². The van der Waals surface area contributed by atoms with E-state index in [1.54, 1.807) is 0 Å². The van der Waals surface area contributed by atoms with E-state index in [1.165, 1.54) is 0 Å². The highest BCUT2D eigenvalue weighted by Crippen LogP contribution is 2.31. The first-order chi connectivity index (χ1) is 9.79. The number of fused-ring (bicyclic) bond motifs is 1. The van der Waals surface area contributed by atoms with E-state index in [0.717, 1.165) is 34.4 Å². The van der Waals surface area contributed by atoms with Crippen molar-refractivity contribution in [1.82, 2.24) is 4.98 Å². The van der Waals surface area contributed by atoms with Gasteiger partial charge in [-0.1, -0.05) is 25.1 Å². The number of benzene rings is 1. The van der Waals surface area contributed by atoms with Crippen LogP contribution in [0.4, 0.5) is 0 Å². The van der Waals surface area contributed by atoms with Crippen molar-refractivity contribution >= 4 is 10.9 Å². The second-order valence-electron chi connectivity index (χ2n) is 5.06. The first-order valence-electron chi connectivity index (χ1n) is 6.93. The number of hydrogen-bond donors (Lipinski definition) is 1. The van der Waals surface area contributed by atoms with Gasteiger partial charge in [-0.25, -0.2) is 0 Å². The normalized spacial score (nSPS) is 12.7. The Kier molecular flexibility index (Phi) is 3.52. The molecule has 3 aromatic rings. The molecule has 0 saturated heterocycles. The van der Waals surface area contributed by atoms with E-state index in [2.05, 4.69) is 24.0 Å². The van der Waals surface area contributed by atoms with Crippen LogP contribution in [0.2, 0.25) is 0 Å². The average molecular weight is 266 g/mol. The first kappa shape index (κ1) is 12.9. The van der Waals surface area contributed by atoms with Crippen LogP contribution in [0.3, 0.4) is 0 Å². The van der Waals surface area contributed by atoms with E-state index in [9.17, 15) is 0 Å². The molecular weight excluding hydrogens is 248 g/mol. The van der Waals surface area contributed by atoms with Gasteiger partial charge >= 0.3 is 0 Å². The fourth-order valence-electron chi connectivity index (χ4n) is 2.46. The Hall–Kier alpha value is -2.13. The minimum Gasteiger partial charge on any atom is -0.461 e. The smallest absolute Gasteiger partial charge is 0.136 e. The van der Waals surface area contributed by atoms with Crippen LogP contribution in [0.5, 0.6) is 0 Å². The maximum Gasteiger partial charge on any atom is 0.136 e. The Morgan fingerprint density at radius 1 is 1.15 bits per heavy atom. The number of aromatic nitrogens is 1. The van der Waals surface area contributed by atoms with Gasteiger partial charge < -0.3 is 10.2 Å². The second-order valence-corrected chi connectivity index (χ2v) is 5.06. The van der Waals surface area contributed by atoms with Crippen molar-refractivity contribution in [1.29, 1.82) is 0 Å². The molecule has 3 nitrogen and oxygen atoms in total. The summed E-state index contributed by atoms with van der Waals surface area (Å²) in [6, 6.07) is 14.2. The molecule has 3 rings (SSSR count). The van der Waals surface area contributed by atoms with Crippen molar-refractivity contribution in [3.8, 4) is 11.3 Å². The summed E-state index contributed by atoms with van der Waals surface area (Å²) in [7, 11) is 0. The van der Waals surface area contributed by atoms with Crippen LogP contribution in [0.15, 0.2) is 53.1 Å². The number of furan rings is 1. The van der Waals surface area contributed by atoms with Gasteiger partial charge in [-0.3, -0.25) is 4.98 Å². The monoisotopic (exact) mass is 266 g/mol. The number of nitrogens with zero attached hydrogens (tertiary/aromatic N) is 1. The van der Waals surface area contributed by atoms with Gasteiger partial charge in [0, 0.05) is 23.1 Å². The Balaban J connectivity index is 2.03. The molecule has 20 heavy (non-hydrogen) atoms. The summed E-state index contributed by atoms with van der Waals surface area (Å²) in [5.41, 5.74) is 7.62. The lowest BCUT2D eigenvalue weighted by molar-refractivity contribution is 0.474. The molecule has 0 fully saturated rings. The average Bonchev–Trinajstić information content (AvgIpc) is 2.97. The van der Waals surface area contributed by atoms with Crippen molar-refractivity contribution in [3.63, 3.8) is 0 Å². The van der Waals surface area contributed by atoms with Gasteiger partial charge in [-0.2, -0.15) is 0 Å². The number of pyridine rings is 1. The maximum atomic E-state index is 6.00. The lowest BCUT2D eigenvalue weighted by atomic mass is 10.1. The molecule has 2 N–H and O–H groups in total. The molecule has 102 valence electrons. The van der Waals surface area contributed by atoms with Crippen LogP contribution in [0.1, 0.15) is 25.0 Å². The third kappa shape index (κ3) is 2.32. The summed E-state index contributed by atoms with van der Waals surface area (Å²) < 4.78 is 6.00. The summed E-state index contributed by atoms with van der Waals surface area (Å²) in [4.78, 5) is 4.47. The van der Waals surface area contributed by atoms with E-state index in [0.29, 0.717) is 12.5 Å². The van der Waals surface area contributed by atoms with Gasteiger partial charge in [0.25, 0.3) is 0 Å². The van der Waals surface area contributed by atoms with Gasteiger partial charge in [-0.05, 0) is 37.2 Å². The van der Waals surface area contributed by atoms with Crippen LogP contribution < -0.4 is 5.73 Å². The fourth-order valence-corrected chi connectivity index (χ4v) is 2.46. The molecule has 1 aromatic carbocycles. The quantitative estimate of drug-likeness (QED) is 0.778. The van der Waals surface area contributed by atoms with Crippen molar-refractivity contribution < 1.29 is 4.42 Å². The molecule has 1 atom stereocenters. The van der Waals surface area contributed by atoms with Crippen LogP contribution >= 0.6 is 0 Å². The van der Waals surface area contributed by atoms with Crippen molar-refractivity contribution in [2.75, 3.05) is 6.54 Å². The van der Waals surface area contributed by atoms with Crippen LogP contribution in [0.25, 0.3) is 22.2 Å². The predicted molar refractivity (Wildman–Crippen MR) is 81.5 cm³/mol. The lowest BCUT2D eigenvalue weighted by Crippen LogP contribution is -2.03. The van der Waals surface area contributed by atoms with Crippen LogP contribution in [-0.2, 0) is 0 Å². The molecule has 0 aliphatic rings. The molecule has 3 heteroatoms. The zero-order valence-corrected chi connectivity index (χ0v) is 11.5. The molecular formula is C17H18N2O. The number of nitrogens with two attached hydrogens (primary N) is 1. The zero-order chi connectivity index (χ0) is 13.9. The Bertz CT molecular complexity index is 712. The summed E-state index contributed by atoms with van der Waals surface area (Å²) in [6.45, 7) is 2.81. The molecule has 0 radical (unpaired) electrons. The molecule has 0 bridgehead atoms. The zero-order valence-electron chi connectivity index (χ0n) is 11.5. The molecule has 0 aliphatic carbocycles. The van der Waals surface area contributed by atoms with Crippen LogP contribution in [-0.4, -0.2) is 11.5 Å². The summed E-state index contributed by atoms with van der Waals surface area (Å²) in [5, 5.41) is 1.12. The number of rotatable bonds is 4. The highest BCUT2D eigenvalue weighted by molar-refractivity contribution is 5.92. The minimum absolute atomic E-state index is 0.344. The molecule has 0 amide bonds. The summed E-state index contributed by atoms with van der Waals surface area (Å²) in [5.74, 6) is 2.20. The topological polar surface area (TPSA) is 52.0 Å². The fraction of sp³-hybridized carbons (Fsp3) is 0.235. The van der Waals surface area contributed by atoms with Gasteiger partial charge in [-0.15, -0.1) is 0 Å². The van der Waals surface area contributed by atoms with Crippen molar-refractivity contribution in [2.24, 2.45) is 5.73 Å². The van der Waals surface area contributed by atoms with E-state index < -0.39 is 0 Å². The highest BCUT2D eigenvalue weighted by Gasteiger charge is 2.13. The number of para-hydroxylation sites is 1. The minimum atomic E-state index is 0.344. The number of hydrogen-bond acceptors (Lipinski definition) is 3. The molecule has 0 saturated carbocycles. The van der Waals surface area contributed by atoms with E-state index in [-0.39, 0.29) is 0 Å². The van der Waals surface area contributed by atoms with Gasteiger partial charge in [0.2, 0.25) is 0 Å². The SMILES string of the molecule is CC(CCN)c1ccc(-c2cccc3cccnc23)o1. The highest BCUT2D eigenvalue weighted by atomic mass is 16.3. The summed E-state index contributed by atoms with van der Waals surface area (Å²) >= 11 is 0. The van der Waals surface area contributed by atoms with E-state index >= 15 is 0 Å². The summed E-state index contributed by atoms with van der Waals surface area (Å²) in [6.07, 6.45) is 2.74. The predicted octanol–water partition coefficient (Wildman–Crippen LogP) is 3.95. The Labute approximate surface area is 118 Å². The van der Waals surface area contributed by atoms with Gasteiger partial charge in [0.1, 0.15) is 11.5 Å². The van der Waals surface area contributed by atoms with Gasteiger partial charge in [0.15, 0.2) is 0 Å². The molecule has 0 aliphatic heterocycles.